The lowest BCUT2D eigenvalue weighted by atomic mass is 10.1. The van der Waals surface area contributed by atoms with Crippen molar-refractivity contribution in [1.82, 2.24) is 10.2 Å². The molecule has 0 radical (unpaired) electrons. The Morgan fingerprint density at radius 1 is 1.09 bits per heavy atom. The highest BCUT2D eigenvalue weighted by Crippen LogP contribution is 2.23. The molecule has 1 N–H and O–H groups in total. The maximum atomic E-state index is 13.5. The van der Waals surface area contributed by atoms with E-state index in [0.717, 1.165) is 15.0 Å². The predicted molar refractivity (Wildman–Crippen MR) is 131 cm³/mol. The van der Waals surface area contributed by atoms with Gasteiger partial charge >= 0.3 is 0 Å². The third-order valence-electron chi connectivity index (χ3n) is 4.83. The summed E-state index contributed by atoms with van der Waals surface area (Å²) in [6, 6.07) is 12.9. The Bertz CT molecular complexity index is 1050. The molecule has 2 aromatic carbocycles. The van der Waals surface area contributed by atoms with Gasteiger partial charge in [-0.2, -0.15) is 0 Å². The largest absolute Gasteiger partial charge is 0.355 e. The number of hydrogen-bond donors (Lipinski definition) is 1. The van der Waals surface area contributed by atoms with Crippen LogP contribution in [0.25, 0.3) is 0 Å². The fraction of sp³-hybridized carbons (Fsp3) is 0.364. The van der Waals surface area contributed by atoms with Gasteiger partial charge in [-0.05, 0) is 49.2 Å². The molecule has 32 heavy (non-hydrogen) atoms. The van der Waals surface area contributed by atoms with Gasteiger partial charge in [0.05, 0.1) is 11.9 Å². The third kappa shape index (κ3) is 6.95. The molecule has 0 fully saturated rings. The molecule has 0 aliphatic carbocycles. The molecule has 2 rings (SSSR count). The molecule has 0 aliphatic rings. The summed E-state index contributed by atoms with van der Waals surface area (Å²) in [5.74, 6) is -0.804. The molecule has 7 nitrogen and oxygen atoms in total. The molecule has 1 atom stereocenters. The molecule has 0 bridgehead atoms. The van der Waals surface area contributed by atoms with Gasteiger partial charge in [0.15, 0.2) is 0 Å². The quantitative estimate of drug-likeness (QED) is 0.493. The van der Waals surface area contributed by atoms with Gasteiger partial charge < -0.3 is 10.2 Å². The molecular weight excluding hydrogens is 518 g/mol. The van der Waals surface area contributed by atoms with Crippen molar-refractivity contribution in [3.05, 3.63) is 63.6 Å². The minimum atomic E-state index is -3.76. The number of nitrogens with one attached hydrogen (secondary N) is 1. The first-order valence-electron chi connectivity index (χ1n) is 10.1. The second-order valence-electron chi connectivity index (χ2n) is 7.18. The van der Waals surface area contributed by atoms with Gasteiger partial charge in [0.2, 0.25) is 21.8 Å². The number of carbonyl (C=O) groups is 2. The van der Waals surface area contributed by atoms with E-state index in [9.17, 15) is 18.0 Å². The van der Waals surface area contributed by atoms with Crippen LogP contribution >= 0.6 is 27.5 Å². The van der Waals surface area contributed by atoms with Crippen LogP contribution in [0.5, 0.6) is 0 Å². The van der Waals surface area contributed by atoms with E-state index in [4.69, 9.17) is 11.6 Å². The van der Waals surface area contributed by atoms with Gasteiger partial charge in [0.1, 0.15) is 12.6 Å². The summed E-state index contributed by atoms with van der Waals surface area (Å²) < 4.78 is 26.8. The van der Waals surface area contributed by atoms with Crippen LogP contribution < -0.4 is 9.62 Å². The summed E-state index contributed by atoms with van der Waals surface area (Å²) in [6.45, 7) is 3.64. The molecular formula is C22H27BrClN3O4S. The number of hydrogen-bond acceptors (Lipinski definition) is 4. The summed E-state index contributed by atoms with van der Waals surface area (Å²) >= 11 is 9.62. The van der Waals surface area contributed by atoms with Crippen LogP contribution in [-0.4, -0.2) is 50.5 Å². The summed E-state index contributed by atoms with van der Waals surface area (Å²) in [6.07, 6.45) is 1.40. The number of benzene rings is 2. The highest BCUT2D eigenvalue weighted by molar-refractivity contribution is 9.10. The van der Waals surface area contributed by atoms with E-state index in [1.807, 2.05) is 0 Å². The number of carbonyl (C=O) groups excluding carboxylic acids is 2. The van der Waals surface area contributed by atoms with E-state index in [2.05, 4.69) is 21.2 Å². The lowest BCUT2D eigenvalue weighted by molar-refractivity contribution is -0.140. The van der Waals surface area contributed by atoms with Crippen LogP contribution in [0.2, 0.25) is 5.02 Å². The molecule has 10 heteroatoms. The van der Waals surface area contributed by atoms with E-state index >= 15 is 0 Å². The Balaban J connectivity index is 2.43. The van der Waals surface area contributed by atoms with E-state index in [-0.39, 0.29) is 12.5 Å². The van der Waals surface area contributed by atoms with Crippen LogP contribution in [0.3, 0.4) is 0 Å². The summed E-state index contributed by atoms with van der Waals surface area (Å²) in [7, 11) is -3.76. The molecule has 0 saturated heterocycles. The number of amides is 2. The number of nitrogens with zero attached hydrogens (tertiary/aromatic N) is 2. The Morgan fingerprint density at radius 2 is 1.72 bits per heavy atom. The van der Waals surface area contributed by atoms with E-state index < -0.39 is 28.5 Å². The first-order chi connectivity index (χ1) is 15.1. The third-order valence-corrected chi connectivity index (χ3v) is 6.87. The molecule has 174 valence electrons. The fourth-order valence-corrected chi connectivity index (χ4v) is 4.55. The standard InChI is InChI=1S/C22H27BrClN3O4S/c1-4-20(22(29)25-5-2)26(14-16-8-6-7-9-19(16)24)21(28)15-27(32(3,30)31)18-12-10-17(23)11-13-18/h6-13,20H,4-5,14-15H2,1-3H3,(H,25,29)/t20-/m1/s1. The number of anilines is 1. The van der Waals surface area contributed by atoms with Crippen LogP contribution in [0, 0.1) is 0 Å². The fourth-order valence-electron chi connectivity index (χ4n) is 3.24. The maximum absolute atomic E-state index is 13.5. The number of rotatable bonds is 10. The molecule has 2 aromatic rings. The molecule has 0 aliphatic heterocycles. The molecule has 0 heterocycles. The lowest BCUT2D eigenvalue weighted by Gasteiger charge is -2.33. The molecule has 0 spiro atoms. The summed E-state index contributed by atoms with van der Waals surface area (Å²) in [5.41, 5.74) is 1.02. The van der Waals surface area contributed by atoms with Gasteiger partial charge in [-0.3, -0.25) is 13.9 Å². The number of halogens is 2. The predicted octanol–water partition coefficient (Wildman–Crippen LogP) is 3.81. The Hall–Kier alpha value is -2.10. The van der Waals surface area contributed by atoms with Crippen LogP contribution in [0.1, 0.15) is 25.8 Å². The monoisotopic (exact) mass is 543 g/mol. The Kier molecular flexibility index (Phi) is 9.54. The SMILES string of the molecule is CCNC(=O)[C@@H](CC)N(Cc1ccccc1Cl)C(=O)CN(c1ccc(Br)cc1)S(C)(=O)=O. The highest BCUT2D eigenvalue weighted by Gasteiger charge is 2.31. The van der Waals surface area contributed by atoms with Gasteiger partial charge in [0.25, 0.3) is 0 Å². The Labute approximate surface area is 202 Å². The van der Waals surface area contributed by atoms with Crippen molar-refractivity contribution >= 4 is 55.1 Å². The number of sulfonamides is 1. The molecule has 0 aromatic heterocycles. The normalized spacial score (nSPS) is 12.2. The highest BCUT2D eigenvalue weighted by atomic mass is 79.9. The second-order valence-corrected chi connectivity index (χ2v) is 10.4. The Morgan fingerprint density at radius 3 is 2.25 bits per heavy atom. The molecule has 0 unspecified atom stereocenters. The minimum absolute atomic E-state index is 0.0755. The van der Waals surface area contributed by atoms with E-state index in [0.29, 0.717) is 29.2 Å². The van der Waals surface area contributed by atoms with Gasteiger partial charge in [0, 0.05) is 22.6 Å². The van der Waals surface area contributed by atoms with Crippen molar-refractivity contribution in [2.75, 3.05) is 23.7 Å². The van der Waals surface area contributed by atoms with Gasteiger partial charge in [-0.1, -0.05) is 52.7 Å². The van der Waals surface area contributed by atoms with Crippen molar-refractivity contribution in [2.24, 2.45) is 0 Å². The first-order valence-corrected chi connectivity index (χ1v) is 13.1. The van der Waals surface area contributed by atoms with E-state index in [1.54, 1.807) is 62.4 Å². The number of likely N-dealkylation sites (N-methyl/N-ethyl adjacent to an activating group) is 1. The summed E-state index contributed by atoms with van der Waals surface area (Å²) in [5, 5.41) is 3.21. The van der Waals surface area contributed by atoms with Crippen molar-refractivity contribution in [1.29, 1.82) is 0 Å². The van der Waals surface area contributed by atoms with Crippen molar-refractivity contribution in [2.45, 2.75) is 32.9 Å². The van der Waals surface area contributed by atoms with Crippen LogP contribution in [0.15, 0.2) is 53.0 Å². The molecule has 2 amide bonds. The average molecular weight is 545 g/mol. The van der Waals surface area contributed by atoms with Crippen molar-refractivity contribution < 1.29 is 18.0 Å². The van der Waals surface area contributed by atoms with E-state index in [1.165, 1.54) is 4.90 Å². The van der Waals surface area contributed by atoms with Crippen molar-refractivity contribution in [3.63, 3.8) is 0 Å². The second kappa shape index (κ2) is 11.7. The zero-order chi connectivity index (χ0) is 23.9. The lowest BCUT2D eigenvalue weighted by Crippen LogP contribution is -2.52. The topological polar surface area (TPSA) is 86.8 Å². The van der Waals surface area contributed by atoms with Crippen molar-refractivity contribution in [3.8, 4) is 0 Å². The van der Waals surface area contributed by atoms with Gasteiger partial charge in [-0.15, -0.1) is 0 Å². The molecule has 0 saturated carbocycles. The zero-order valence-electron chi connectivity index (χ0n) is 18.2. The minimum Gasteiger partial charge on any atom is -0.355 e. The average Bonchev–Trinajstić information content (AvgIpc) is 2.73. The van der Waals surface area contributed by atoms with Crippen LogP contribution in [0.4, 0.5) is 5.69 Å². The first kappa shape index (κ1) is 26.2. The zero-order valence-corrected chi connectivity index (χ0v) is 21.4. The maximum Gasteiger partial charge on any atom is 0.244 e. The van der Waals surface area contributed by atoms with Gasteiger partial charge in [-0.25, -0.2) is 8.42 Å². The van der Waals surface area contributed by atoms with Crippen LogP contribution in [-0.2, 0) is 26.2 Å². The summed E-state index contributed by atoms with van der Waals surface area (Å²) in [4.78, 5) is 27.6. The smallest absolute Gasteiger partial charge is 0.244 e.